The molecular formula is C21H18ClFN4O4S. The molecule has 166 valence electrons. The molecule has 0 atom stereocenters. The second kappa shape index (κ2) is 9.43. The lowest BCUT2D eigenvalue weighted by Crippen LogP contribution is -2.28. The van der Waals surface area contributed by atoms with E-state index in [-0.39, 0.29) is 11.7 Å². The number of anilines is 1. The topological polar surface area (TPSA) is 105 Å². The SMILES string of the molecule is CN(C(=O)c1c(-c2ccc(F)cc2)nc2ncccn12)c1ccc(Cl)cc1.CS(=O)(=O)O. The number of carbonyl (C=O) groups excluding carboxylic acids is 1. The zero-order valence-corrected chi connectivity index (χ0v) is 18.5. The third kappa shape index (κ3) is 5.67. The van der Waals surface area contributed by atoms with Crippen molar-refractivity contribution < 1.29 is 22.2 Å². The van der Waals surface area contributed by atoms with Gasteiger partial charge in [-0.15, -0.1) is 0 Å². The van der Waals surface area contributed by atoms with Crippen LogP contribution in [0, 0.1) is 5.82 Å². The lowest BCUT2D eigenvalue weighted by atomic mass is 10.1. The third-order valence-corrected chi connectivity index (χ3v) is 4.49. The molecule has 0 aliphatic heterocycles. The lowest BCUT2D eigenvalue weighted by molar-refractivity contribution is 0.0988. The van der Waals surface area contributed by atoms with Gasteiger partial charge in [0.1, 0.15) is 17.2 Å². The standard InChI is InChI=1S/C20H14ClFN4O.CH4O3S/c1-25(16-9-5-14(21)6-10-16)19(27)18-17(13-3-7-15(22)8-4-13)24-20-23-11-2-12-26(18)20;1-5(2,3)4/h2-12H,1H3;1H3,(H,2,3,4). The van der Waals surface area contributed by atoms with Crippen molar-refractivity contribution in [2.75, 3.05) is 18.2 Å². The molecule has 0 bridgehead atoms. The van der Waals surface area contributed by atoms with E-state index in [0.717, 1.165) is 0 Å². The van der Waals surface area contributed by atoms with Crippen LogP contribution in [0.25, 0.3) is 17.0 Å². The molecule has 0 aliphatic rings. The quantitative estimate of drug-likeness (QED) is 0.448. The molecule has 32 heavy (non-hydrogen) atoms. The molecule has 11 heteroatoms. The van der Waals surface area contributed by atoms with Gasteiger partial charge in [0.2, 0.25) is 5.78 Å². The molecule has 2 aromatic heterocycles. The van der Waals surface area contributed by atoms with Crippen molar-refractivity contribution in [3.63, 3.8) is 0 Å². The summed E-state index contributed by atoms with van der Waals surface area (Å²) in [5, 5.41) is 0.589. The van der Waals surface area contributed by atoms with Gasteiger partial charge in [0.15, 0.2) is 0 Å². The molecule has 0 fully saturated rings. The van der Waals surface area contributed by atoms with Gasteiger partial charge in [0.25, 0.3) is 16.0 Å². The van der Waals surface area contributed by atoms with Crippen molar-refractivity contribution in [3.8, 4) is 11.3 Å². The van der Waals surface area contributed by atoms with Gasteiger partial charge >= 0.3 is 0 Å². The summed E-state index contributed by atoms with van der Waals surface area (Å²) >= 11 is 5.94. The Bertz CT molecular complexity index is 1350. The molecule has 0 spiro atoms. The number of rotatable bonds is 3. The first-order valence-corrected chi connectivity index (χ1v) is 11.3. The van der Waals surface area contributed by atoms with Gasteiger partial charge in [0, 0.05) is 35.7 Å². The highest BCUT2D eigenvalue weighted by Crippen LogP contribution is 2.27. The van der Waals surface area contributed by atoms with Gasteiger partial charge in [-0.05, 0) is 54.6 Å². The molecule has 2 aromatic carbocycles. The highest BCUT2D eigenvalue weighted by atomic mass is 35.5. The molecule has 1 amide bonds. The summed E-state index contributed by atoms with van der Waals surface area (Å²) in [5.41, 5.74) is 2.12. The van der Waals surface area contributed by atoms with Crippen molar-refractivity contribution in [1.82, 2.24) is 14.4 Å². The van der Waals surface area contributed by atoms with Gasteiger partial charge < -0.3 is 4.90 Å². The van der Waals surface area contributed by atoms with E-state index >= 15 is 0 Å². The minimum atomic E-state index is -3.67. The average molecular weight is 477 g/mol. The van der Waals surface area contributed by atoms with Crippen molar-refractivity contribution >= 4 is 39.1 Å². The molecule has 4 aromatic rings. The van der Waals surface area contributed by atoms with Crippen LogP contribution in [-0.4, -0.2) is 46.5 Å². The highest BCUT2D eigenvalue weighted by Gasteiger charge is 2.24. The molecule has 0 radical (unpaired) electrons. The van der Waals surface area contributed by atoms with Crippen LogP contribution < -0.4 is 4.90 Å². The maximum absolute atomic E-state index is 13.3. The average Bonchev–Trinajstić information content (AvgIpc) is 3.12. The van der Waals surface area contributed by atoms with E-state index in [9.17, 15) is 17.6 Å². The first-order valence-electron chi connectivity index (χ1n) is 9.09. The summed E-state index contributed by atoms with van der Waals surface area (Å²) in [6.45, 7) is 0. The molecule has 2 heterocycles. The van der Waals surface area contributed by atoms with E-state index in [1.165, 1.54) is 17.0 Å². The van der Waals surface area contributed by atoms with Gasteiger partial charge in [-0.1, -0.05) is 11.6 Å². The number of benzene rings is 2. The Morgan fingerprint density at radius 2 is 1.72 bits per heavy atom. The Kier molecular flexibility index (Phi) is 6.87. The summed E-state index contributed by atoms with van der Waals surface area (Å²) in [7, 11) is -1.99. The van der Waals surface area contributed by atoms with Crippen LogP contribution in [0.15, 0.2) is 67.0 Å². The fraction of sp³-hybridized carbons (Fsp3) is 0.0952. The molecule has 0 saturated carbocycles. The highest BCUT2D eigenvalue weighted by molar-refractivity contribution is 7.85. The number of amides is 1. The van der Waals surface area contributed by atoms with E-state index in [1.54, 1.807) is 66.3 Å². The van der Waals surface area contributed by atoms with Gasteiger partial charge in [-0.2, -0.15) is 8.42 Å². The zero-order valence-electron chi connectivity index (χ0n) is 17.0. The summed E-state index contributed by atoms with van der Waals surface area (Å²) in [6.07, 6.45) is 4.05. The third-order valence-electron chi connectivity index (χ3n) is 4.24. The van der Waals surface area contributed by atoms with E-state index in [2.05, 4.69) is 9.97 Å². The van der Waals surface area contributed by atoms with Crippen LogP contribution in [0.5, 0.6) is 0 Å². The number of nitrogens with zero attached hydrogens (tertiary/aromatic N) is 4. The predicted molar refractivity (Wildman–Crippen MR) is 120 cm³/mol. The summed E-state index contributed by atoms with van der Waals surface area (Å²) in [6, 6.07) is 14.6. The molecule has 8 nitrogen and oxygen atoms in total. The smallest absolute Gasteiger partial charge is 0.277 e. The van der Waals surface area contributed by atoms with E-state index in [1.807, 2.05) is 0 Å². The van der Waals surface area contributed by atoms with E-state index < -0.39 is 10.1 Å². The Hall–Kier alpha value is -3.34. The fourth-order valence-corrected chi connectivity index (χ4v) is 2.97. The summed E-state index contributed by atoms with van der Waals surface area (Å²) in [5.74, 6) is -0.228. The van der Waals surface area contributed by atoms with Crippen LogP contribution in [0.3, 0.4) is 0 Å². The Balaban J connectivity index is 0.000000523. The van der Waals surface area contributed by atoms with E-state index in [0.29, 0.717) is 39.7 Å². The minimum Gasteiger partial charge on any atom is -0.310 e. The molecule has 0 aliphatic carbocycles. The molecule has 0 unspecified atom stereocenters. The molecule has 1 N–H and O–H groups in total. The van der Waals surface area contributed by atoms with E-state index in [4.69, 9.17) is 16.2 Å². The predicted octanol–water partition coefficient (Wildman–Crippen LogP) is 3.97. The number of fused-ring (bicyclic) bond motifs is 1. The fourth-order valence-electron chi connectivity index (χ4n) is 2.84. The first kappa shape index (κ1) is 23.3. The maximum Gasteiger partial charge on any atom is 0.277 e. The largest absolute Gasteiger partial charge is 0.310 e. The number of aromatic nitrogens is 3. The monoisotopic (exact) mass is 476 g/mol. The van der Waals surface area contributed by atoms with Crippen LogP contribution >= 0.6 is 11.6 Å². The number of halogens is 2. The number of hydrogen-bond acceptors (Lipinski definition) is 5. The number of hydrogen-bond donors (Lipinski definition) is 1. The summed E-state index contributed by atoms with van der Waals surface area (Å²) < 4.78 is 40.8. The second-order valence-electron chi connectivity index (χ2n) is 6.68. The lowest BCUT2D eigenvalue weighted by Gasteiger charge is -2.18. The second-order valence-corrected chi connectivity index (χ2v) is 8.58. The zero-order chi connectivity index (χ0) is 23.5. The minimum absolute atomic E-state index is 0.267. The van der Waals surface area contributed by atoms with Crippen molar-refractivity contribution in [3.05, 3.63) is 83.5 Å². The van der Waals surface area contributed by atoms with Gasteiger partial charge in [-0.3, -0.25) is 13.7 Å². The normalized spacial score (nSPS) is 11.0. The Morgan fingerprint density at radius 3 is 2.31 bits per heavy atom. The first-order chi connectivity index (χ1) is 15.0. The van der Waals surface area contributed by atoms with Crippen LogP contribution in [0.1, 0.15) is 10.5 Å². The van der Waals surface area contributed by atoms with Crippen molar-refractivity contribution in [1.29, 1.82) is 0 Å². The van der Waals surface area contributed by atoms with Gasteiger partial charge in [0.05, 0.1) is 6.26 Å². The molecule has 4 rings (SSSR count). The Labute approximate surface area is 188 Å². The summed E-state index contributed by atoms with van der Waals surface area (Å²) in [4.78, 5) is 23.5. The van der Waals surface area contributed by atoms with Crippen molar-refractivity contribution in [2.45, 2.75) is 0 Å². The number of carbonyl (C=O) groups is 1. The molecular weight excluding hydrogens is 459 g/mol. The van der Waals surface area contributed by atoms with Crippen LogP contribution in [-0.2, 0) is 10.1 Å². The molecule has 0 saturated heterocycles. The van der Waals surface area contributed by atoms with Crippen molar-refractivity contribution in [2.24, 2.45) is 0 Å². The Morgan fingerprint density at radius 1 is 1.12 bits per heavy atom. The van der Waals surface area contributed by atoms with Crippen LogP contribution in [0.2, 0.25) is 5.02 Å². The van der Waals surface area contributed by atoms with Crippen LogP contribution in [0.4, 0.5) is 10.1 Å². The van der Waals surface area contributed by atoms with Gasteiger partial charge in [-0.25, -0.2) is 14.4 Å². The maximum atomic E-state index is 13.3. The number of imidazole rings is 1.